The van der Waals surface area contributed by atoms with Crippen molar-refractivity contribution in [1.29, 1.82) is 0 Å². The van der Waals surface area contributed by atoms with Crippen LogP contribution in [0.2, 0.25) is 0 Å². The number of halogens is 1. The molecule has 0 aromatic carbocycles. The molecule has 0 aliphatic carbocycles. The summed E-state index contributed by atoms with van der Waals surface area (Å²) in [5, 5.41) is 0. The van der Waals surface area contributed by atoms with Gasteiger partial charge >= 0.3 is 4.98 Å². The maximum absolute atomic E-state index is 9.25. The molecule has 0 aliphatic heterocycles. The Kier molecular flexibility index (Phi) is 2.33. The van der Waals surface area contributed by atoms with Crippen LogP contribution < -0.4 is 0 Å². The third-order valence-corrected chi connectivity index (χ3v) is 0.422. The Morgan fingerprint density at radius 1 is 1.80 bits per heavy atom. The van der Waals surface area contributed by atoms with Gasteiger partial charge in [0.25, 0.3) is 0 Å². The van der Waals surface area contributed by atoms with Gasteiger partial charge in [-0.25, -0.2) is 0 Å². The second-order valence-electron chi connectivity index (χ2n) is 0.344. The summed E-state index contributed by atoms with van der Waals surface area (Å²) in [7, 11) is -0.627. The molecule has 2 nitrogen and oxygen atoms in total. The summed E-state index contributed by atoms with van der Waals surface area (Å²) in [5.74, 6) is 0. The summed E-state index contributed by atoms with van der Waals surface area (Å²) in [4.78, 5) is 8.40. The Labute approximate surface area is 35.3 Å². The van der Waals surface area contributed by atoms with E-state index in [-0.39, 0.29) is 0 Å². The van der Waals surface area contributed by atoms with Gasteiger partial charge in [-0.2, -0.15) is 0 Å². The second kappa shape index (κ2) is 2.31. The van der Waals surface area contributed by atoms with E-state index in [0.717, 1.165) is 0 Å². The van der Waals surface area contributed by atoms with Crippen molar-refractivity contribution >= 4 is 25.0 Å². The predicted octanol–water partition coefficient (Wildman–Crippen LogP) is 1.64. The molecule has 0 rings (SSSR count). The Bertz CT molecular complexity index is 60.7. The minimum Gasteiger partial charge on any atom is -0.267 e. The molecule has 0 N–H and O–H groups in total. The van der Waals surface area contributed by atoms with Crippen LogP contribution in [-0.2, 0) is 4.57 Å². The maximum atomic E-state index is 9.25. The molecule has 4 heteroatoms. The minimum atomic E-state index is -0.856. The molecule has 0 heterocycles. The third-order valence-electron chi connectivity index (χ3n) is 0.0718. The first-order valence-electron chi connectivity index (χ1n) is 0.799. The SMILES string of the molecule is O=PC(=O)Cl. The maximum Gasteiger partial charge on any atom is 0.312 e. The van der Waals surface area contributed by atoms with Crippen molar-refractivity contribution in [2.24, 2.45) is 0 Å². The molecule has 0 saturated heterocycles. The fourth-order valence-electron chi connectivity index (χ4n) is 0. The van der Waals surface area contributed by atoms with Crippen LogP contribution in [0.3, 0.4) is 0 Å². The van der Waals surface area contributed by atoms with Crippen LogP contribution in [0.15, 0.2) is 0 Å². The average Bonchev–Trinajstić information content (AvgIpc) is 1.38. The van der Waals surface area contributed by atoms with Gasteiger partial charge in [-0.3, -0.25) is 9.36 Å². The van der Waals surface area contributed by atoms with Crippen molar-refractivity contribution in [3.63, 3.8) is 0 Å². The Morgan fingerprint density at radius 3 is 2.00 bits per heavy atom. The highest BCUT2D eigenvalue weighted by Gasteiger charge is 1.83. The smallest absolute Gasteiger partial charge is 0.267 e. The Balaban J connectivity index is 3.20. The molecule has 28 valence electrons. The summed E-state index contributed by atoms with van der Waals surface area (Å²) in [6.07, 6.45) is 0. The highest BCUT2D eigenvalue weighted by molar-refractivity contribution is 7.53. The van der Waals surface area contributed by atoms with Crippen molar-refractivity contribution < 1.29 is 9.36 Å². The van der Waals surface area contributed by atoms with E-state index in [1.165, 1.54) is 0 Å². The van der Waals surface area contributed by atoms with Gasteiger partial charge in [0.1, 0.15) is 0 Å². The van der Waals surface area contributed by atoms with E-state index in [9.17, 15) is 4.79 Å². The van der Waals surface area contributed by atoms with E-state index in [1.807, 2.05) is 0 Å². The van der Waals surface area contributed by atoms with Crippen molar-refractivity contribution in [1.82, 2.24) is 0 Å². The van der Waals surface area contributed by atoms with Crippen LogP contribution in [0.4, 0.5) is 4.79 Å². The van der Waals surface area contributed by atoms with Crippen molar-refractivity contribution in [2.45, 2.75) is 0 Å². The molecular formula is CClO2P. The predicted molar refractivity (Wildman–Crippen MR) is 18.9 cm³/mol. The van der Waals surface area contributed by atoms with E-state index in [2.05, 4.69) is 11.6 Å². The van der Waals surface area contributed by atoms with Crippen LogP contribution in [0, 0.1) is 0 Å². The molecule has 0 amide bonds. The summed E-state index contributed by atoms with van der Waals surface area (Å²) in [6.45, 7) is 0. The highest BCUT2D eigenvalue weighted by Crippen LogP contribution is 1.98. The largest absolute Gasteiger partial charge is 0.312 e. The molecule has 0 spiro atoms. The van der Waals surface area contributed by atoms with E-state index >= 15 is 0 Å². The van der Waals surface area contributed by atoms with Crippen molar-refractivity contribution in [3.05, 3.63) is 0 Å². The van der Waals surface area contributed by atoms with Gasteiger partial charge in [0.05, 0.1) is 0 Å². The molecule has 0 atom stereocenters. The fraction of sp³-hybridized carbons (Fsp3) is 0. The summed E-state index contributed by atoms with van der Waals surface area (Å²) in [6, 6.07) is 0. The number of hydrogen-bond donors (Lipinski definition) is 0. The molecular weight excluding hydrogens is 110 g/mol. The van der Waals surface area contributed by atoms with Crippen LogP contribution >= 0.6 is 20.1 Å². The molecule has 0 aromatic rings. The van der Waals surface area contributed by atoms with Gasteiger partial charge < -0.3 is 0 Å². The van der Waals surface area contributed by atoms with Gasteiger partial charge in [-0.15, -0.1) is 0 Å². The Morgan fingerprint density at radius 2 is 2.00 bits per heavy atom. The zero-order valence-electron chi connectivity index (χ0n) is 2.14. The number of hydrogen-bond acceptors (Lipinski definition) is 2. The van der Waals surface area contributed by atoms with E-state index in [1.54, 1.807) is 0 Å². The van der Waals surface area contributed by atoms with Crippen molar-refractivity contribution in [3.8, 4) is 0 Å². The summed E-state index contributed by atoms with van der Waals surface area (Å²) in [5.41, 5.74) is 0. The van der Waals surface area contributed by atoms with Crippen LogP contribution in [0.5, 0.6) is 0 Å². The highest BCUT2D eigenvalue weighted by atomic mass is 35.5. The first-order chi connectivity index (χ1) is 2.27. The summed E-state index contributed by atoms with van der Waals surface area (Å²) >= 11 is 4.50. The molecule has 0 unspecified atom stereocenters. The number of carbonyl (C=O) groups excluding carboxylic acids is 1. The van der Waals surface area contributed by atoms with E-state index < -0.39 is 13.4 Å². The topological polar surface area (TPSA) is 34.1 Å². The van der Waals surface area contributed by atoms with E-state index in [4.69, 9.17) is 4.57 Å². The van der Waals surface area contributed by atoms with Crippen LogP contribution in [0.25, 0.3) is 0 Å². The van der Waals surface area contributed by atoms with Gasteiger partial charge in [-0.05, 0) is 11.6 Å². The first-order valence-corrected chi connectivity index (χ1v) is 1.99. The molecule has 0 fully saturated rings. The van der Waals surface area contributed by atoms with Gasteiger partial charge in [0.15, 0.2) is 0 Å². The lowest BCUT2D eigenvalue weighted by Gasteiger charge is -1.51. The standard InChI is InChI=1S/CClO2P/c2-1(3)5-4. The zero-order valence-corrected chi connectivity index (χ0v) is 3.79. The average molecular weight is 110 g/mol. The zero-order chi connectivity index (χ0) is 4.28. The lowest BCUT2D eigenvalue weighted by atomic mass is 11.8. The Hall–Kier alpha value is 0.0600. The van der Waals surface area contributed by atoms with Gasteiger partial charge in [0, 0.05) is 0 Å². The lowest BCUT2D eigenvalue weighted by molar-refractivity contribution is 0.275. The molecule has 0 aromatic heterocycles. The molecule has 5 heavy (non-hydrogen) atoms. The number of rotatable bonds is 1. The second-order valence-corrected chi connectivity index (χ2v) is 1.54. The molecule has 0 bridgehead atoms. The summed E-state index contributed by atoms with van der Waals surface area (Å²) < 4.78 is 9.12. The normalized spacial score (nSPS) is 8.20. The quantitative estimate of drug-likeness (QED) is 0.380. The van der Waals surface area contributed by atoms with Crippen LogP contribution in [0.1, 0.15) is 0 Å². The third kappa shape index (κ3) is 4.06. The van der Waals surface area contributed by atoms with Gasteiger partial charge in [-0.1, -0.05) is 0 Å². The first kappa shape index (κ1) is 5.06. The fourth-order valence-corrected chi connectivity index (χ4v) is 0. The van der Waals surface area contributed by atoms with Gasteiger partial charge in [0.2, 0.25) is 8.46 Å². The minimum absolute atomic E-state index is 0.627. The lowest BCUT2D eigenvalue weighted by Crippen LogP contribution is -1.49. The number of carbonyl (C=O) groups is 1. The molecule has 0 saturated carbocycles. The van der Waals surface area contributed by atoms with E-state index in [0.29, 0.717) is 0 Å². The monoisotopic (exact) mass is 110 g/mol. The van der Waals surface area contributed by atoms with Crippen molar-refractivity contribution in [2.75, 3.05) is 0 Å². The molecule has 0 radical (unpaired) electrons. The van der Waals surface area contributed by atoms with Crippen LogP contribution in [-0.4, -0.2) is 4.98 Å². The molecule has 0 aliphatic rings.